The highest BCUT2D eigenvalue weighted by Gasteiger charge is 2.13. The predicted octanol–water partition coefficient (Wildman–Crippen LogP) is 11.1. The lowest BCUT2D eigenvalue weighted by Crippen LogP contribution is -2.29. The maximum atomic E-state index is 12.3. The van der Waals surface area contributed by atoms with Gasteiger partial charge in [-0.3, -0.25) is 9.59 Å². The second-order valence-electron chi connectivity index (χ2n) is 14.6. The molecule has 0 bridgehead atoms. The fourth-order valence-electron chi connectivity index (χ4n) is 6.27. The van der Waals surface area contributed by atoms with E-state index in [9.17, 15) is 14.7 Å². The quantitative estimate of drug-likeness (QED) is 0.0377. The van der Waals surface area contributed by atoms with Gasteiger partial charge in [-0.25, -0.2) is 0 Å². The topological polar surface area (TPSA) is 94.5 Å². The van der Waals surface area contributed by atoms with Crippen LogP contribution in [0.3, 0.4) is 0 Å². The molecule has 0 saturated carbocycles. The molecule has 0 atom stereocenters. The van der Waals surface area contributed by atoms with Crippen molar-refractivity contribution in [1.29, 1.82) is 0 Å². The van der Waals surface area contributed by atoms with Gasteiger partial charge < -0.3 is 29.0 Å². The smallest absolute Gasteiger partial charge is 0.305 e. The summed E-state index contributed by atoms with van der Waals surface area (Å²) in [5, 5.41) is 9.50. The van der Waals surface area contributed by atoms with Gasteiger partial charge >= 0.3 is 11.9 Å². The number of nitrogens with zero attached hydrogens (tertiary/aromatic N) is 1. The van der Waals surface area contributed by atoms with E-state index in [-0.39, 0.29) is 24.8 Å². The Morgan fingerprint density at radius 1 is 0.451 bits per heavy atom. The van der Waals surface area contributed by atoms with E-state index < -0.39 is 0 Å². The summed E-state index contributed by atoms with van der Waals surface area (Å²) in [6.07, 6.45) is 31.3. The number of carbonyl (C=O) groups excluding carboxylic acids is 2. The molecule has 0 fully saturated rings. The van der Waals surface area contributed by atoms with Crippen LogP contribution in [0.25, 0.3) is 0 Å². The summed E-state index contributed by atoms with van der Waals surface area (Å²) in [5.41, 5.74) is 0. The van der Waals surface area contributed by atoms with E-state index in [2.05, 4.69) is 25.7 Å². The van der Waals surface area contributed by atoms with Gasteiger partial charge in [-0.1, -0.05) is 143 Å². The predicted molar refractivity (Wildman–Crippen MR) is 212 cm³/mol. The first-order valence-corrected chi connectivity index (χ1v) is 21.9. The van der Waals surface area contributed by atoms with Crippen LogP contribution in [0, 0.1) is 0 Å². The standard InChI is InChI=1S/C43H85NO7/c1-4-7-10-13-14-15-17-20-28-37-48-41(46)30-23-22-25-34-44(35-36-45)33-24-19-16-18-21-29-38-49-42(47)31-32-43(50-39-26-11-8-5-2)51-40-27-12-9-6-3/h43,45H,4-40H2,1-3H3. The molecule has 0 unspecified atom stereocenters. The van der Waals surface area contributed by atoms with Crippen molar-refractivity contribution < 1.29 is 33.6 Å². The molecule has 8 heteroatoms. The van der Waals surface area contributed by atoms with Crippen LogP contribution in [0.4, 0.5) is 0 Å². The highest BCUT2D eigenvalue weighted by Crippen LogP contribution is 2.13. The summed E-state index contributed by atoms with van der Waals surface area (Å²) in [6, 6.07) is 0. The molecule has 0 saturated heterocycles. The zero-order chi connectivity index (χ0) is 37.3. The summed E-state index contributed by atoms with van der Waals surface area (Å²) in [5.74, 6) is -0.210. The van der Waals surface area contributed by atoms with Crippen molar-refractivity contribution in [2.24, 2.45) is 0 Å². The molecule has 0 aliphatic carbocycles. The van der Waals surface area contributed by atoms with Crippen LogP contribution in [0.1, 0.15) is 207 Å². The van der Waals surface area contributed by atoms with Gasteiger partial charge in [0.2, 0.25) is 0 Å². The molecular formula is C43H85NO7. The van der Waals surface area contributed by atoms with Gasteiger partial charge in [-0.2, -0.15) is 0 Å². The summed E-state index contributed by atoms with van der Waals surface area (Å²) in [7, 11) is 0. The summed E-state index contributed by atoms with van der Waals surface area (Å²) >= 11 is 0. The molecule has 0 aromatic rings. The molecule has 8 nitrogen and oxygen atoms in total. The average molecular weight is 728 g/mol. The lowest BCUT2D eigenvalue weighted by molar-refractivity contribution is -0.159. The Kier molecular flexibility index (Phi) is 40.5. The number of ether oxygens (including phenoxy) is 4. The normalized spacial score (nSPS) is 11.6. The van der Waals surface area contributed by atoms with Crippen LogP contribution < -0.4 is 0 Å². The van der Waals surface area contributed by atoms with Crippen LogP contribution in [0.5, 0.6) is 0 Å². The van der Waals surface area contributed by atoms with Crippen molar-refractivity contribution in [3.8, 4) is 0 Å². The number of hydrogen-bond donors (Lipinski definition) is 1. The second-order valence-corrected chi connectivity index (χ2v) is 14.6. The van der Waals surface area contributed by atoms with Crippen LogP contribution in [0.15, 0.2) is 0 Å². The van der Waals surface area contributed by atoms with E-state index >= 15 is 0 Å². The van der Waals surface area contributed by atoms with Gasteiger partial charge in [0.25, 0.3) is 0 Å². The van der Waals surface area contributed by atoms with Gasteiger partial charge in [0.15, 0.2) is 6.29 Å². The molecule has 0 rings (SSSR count). The maximum absolute atomic E-state index is 12.3. The van der Waals surface area contributed by atoms with Gasteiger partial charge in [-0.05, 0) is 58.0 Å². The first kappa shape index (κ1) is 49.8. The molecule has 51 heavy (non-hydrogen) atoms. The fraction of sp³-hybridized carbons (Fsp3) is 0.953. The molecule has 0 radical (unpaired) electrons. The summed E-state index contributed by atoms with van der Waals surface area (Å²) < 4.78 is 22.9. The first-order valence-electron chi connectivity index (χ1n) is 21.9. The summed E-state index contributed by atoms with van der Waals surface area (Å²) in [6.45, 7) is 12.0. The number of aliphatic hydroxyl groups excluding tert-OH is 1. The number of esters is 2. The lowest BCUT2D eigenvalue weighted by Gasteiger charge is -2.21. The van der Waals surface area contributed by atoms with E-state index in [0.29, 0.717) is 52.2 Å². The summed E-state index contributed by atoms with van der Waals surface area (Å²) in [4.78, 5) is 26.7. The number of hydrogen-bond acceptors (Lipinski definition) is 8. The molecule has 1 N–H and O–H groups in total. The van der Waals surface area contributed by atoms with Crippen molar-refractivity contribution >= 4 is 11.9 Å². The SMILES string of the molecule is CCCCCCCCCCCOC(=O)CCCCCN(CCO)CCCCCCCCOC(=O)CCC(OCCCCCC)OCCCCCC. The van der Waals surface area contributed by atoms with E-state index in [4.69, 9.17) is 18.9 Å². The Hall–Kier alpha value is -1.22. The van der Waals surface area contributed by atoms with Gasteiger partial charge in [0, 0.05) is 32.6 Å². The Bertz CT molecular complexity index is 708. The average Bonchev–Trinajstić information content (AvgIpc) is 3.13. The van der Waals surface area contributed by atoms with Crippen LogP contribution in [-0.4, -0.2) is 80.9 Å². The third kappa shape index (κ3) is 38.3. The molecule has 0 aliphatic rings. The number of unbranched alkanes of at least 4 members (excludes halogenated alkanes) is 21. The van der Waals surface area contributed by atoms with Gasteiger partial charge in [0.1, 0.15) is 0 Å². The third-order valence-electron chi connectivity index (χ3n) is 9.60. The lowest BCUT2D eigenvalue weighted by atomic mass is 10.1. The minimum absolute atomic E-state index is 0.0547. The zero-order valence-electron chi connectivity index (χ0n) is 34.1. The minimum Gasteiger partial charge on any atom is -0.466 e. The van der Waals surface area contributed by atoms with Crippen LogP contribution in [0.2, 0.25) is 0 Å². The van der Waals surface area contributed by atoms with Crippen molar-refractivity contribution in [3.63, 3.8) is 0 Å². The molecule has 0 aliphatic heterocycles. The van der Waals surface area contributed by atoms with Crippen molar-refractivity contribution in [2.45, 2.75) is 213 Å². The molecular weight excluding hydrogens is 642 g/mol. The second kappa shape index (κ2) is 41.5. The van der Waals surface area contributed by atoms with E-state index in [1.807, 2.05) is 0 Å². The molecule has 304 valence electrons. The minimum atomic E-state index is -0.316. The van der Waals surface area contributed by atoms with E-state index in [0.717, 1.165) is 83.7 Å². The number of aliphatic hydroxyl groups is 1. The number of rotatable bonds is 42. The molecule has 0 aromatic heterocycles. The monoisotopic (exact) mass is 728 g/mol. The van der Waals surface area contributed by atoms with Crippen LogP contribution in [-0.2, 0) is 28.5 Å². The number of carbonyl (C=O) groups is 2. The van der Waals surface area contributed by atoms with Crippen molar-refractivity contribution in [3.05, 3.63) is 0 Å². The zero-order valence-corrected chi connectivity index (χ0v) is 34.1. The van der Waals surface area contributed by atoms with E-state index in [1.54, 1.807) is 0 Å². The Balaban J connectivity index is 3.82. The largest absolute Gasteiger partial charge is 0.466 e. The Labute approximate surface area is 315 Å². The highest BCUT2D eigenvalue weighted by atomic mass is 16.7. The van der Waals surface area contributed by atoms with Gasteiger partial charge in [0.05, 0.1) is 26.2 Å². The highest BCUT2D eigenvalue weighted by molar-refractivity contribution is 5.69. The molecule has 0 heterocycles. The van der Waals surface area contributed by atoms with Crippen molar-refractivity contribution in [1.82, 2.24) is 4.90 Å². The fourth-order valence-corrected chi connectivity index (χ4v) is 6.27. The van der Waals surface area contributed by atoms with E-state index in [1.165, 1.54) is 96.3 Å². The Morgan fingerprint density at radius 2 is 0.824 bits per heavy atom. The first-order chi connectivity index (χ1) is 25.1. The maximum Gasteiger partial charge on any atom is 0.305 e. The van der Waals surface area contributed by atoms with Gasteiger partial charge in [-0.15, -0.1) is 0 Å². The molecule has 0 aromatic carbocycles. The third-order valence-corrected chi connectivity index (χ3v) is 9.60. The van der Waals surface area contributed by atoms with Crippen LogP contribution >= 0.6 is 0 Å². The molecule has 0 spiro atoms. The Morgan fingerprint density at radius 3 is 1.29 bits per heavy atom. The van der Waals surface area contributed by atoms with Crippen molar-refractivity contribution in [2.75, 3.05) is 52.7 Å². The molecule has 0 amide bonds.